The van der Waals surface area contributed by atoms with Gasteiger partial charge in [-0.25, -0.2) is 13.1 Å². The van der Waals surface area contributed by atoms with Gasteiger partial charge in [0.05, 0.1) is 4.90 Å². The summed E-state index contributed by atoms with van der Waals surface area (Å²) in [5.74, 6) is 0.724. The molecule has 0 atom stereocenters. The number of benzene rings is 1. The zero-order chi connectivity index (χ0) is 14.7. The molecule has 21 heavy (non-hydrogen) atoms. The summed E-state index contributed by atoms with van der Waals surface area (Å²) in [5.41, 5.74) is 1.03. The van der Waals surface area contributed by atoms with Gasteiger partial charge in [0, 0.05) is 19.1 Å². The predicted octanol–water partition coefficient (Wildman–Crippen LogP) is 2.41. The maximum Gasteiger partial charge on any atom is 0.240 e. The molecule has 1 aromatic carbocycles. The van der Waals surface area contributed by atoms with Crippen molar-refractivity contribution in [2.75, 3.05) is 6.54 Å². The lowest BCUT2D eigenvalue weighted by Crippen LogP contribution is -2.27. The van der Waals surface area contributed by atoms with Crippen LogP contribution in [0.15, 0.2) is 29.2 Å². The van der Waals surface area contributed by atoms with Crippen molar-refractivity contribution < 1.29 is 8.42 Å². The largest absolute Gasteiger partial charge is 0.310 e. The predicted molar refractivity (Wildman–Crippen MR) is 83.5 cm³/mol. The first-order chi connectivity index (χ1) is 10.1. The van der Waals surface area contributed by atoms with Gasteiger partial charge >= 0.3 is 0 Å². The van der Waals surface area contributed by atoms with Crippen LogP contribution in [0.2, 0.25) is 0 Å². The van der Waals surface area contributed by atoms with E-state index in [1.54, 1.807) is 12.1 Å². The number of hydrogen-bond donors (Lipinski definition) is 2. The standard InChI is InChI=1S/C16H24N2O2S/c19-21(20,18-10-9-13-3-1-4-13)16-6-2-5-14(11-16)12-17-15-7-8-15/h2,5-6,11,13,15,17-18H,1,3-4,7-10,12H2. The molecular weight excluding hydrogens is 284 g/mol. The summed E-state index contributed by atoms with van der Waals surface area (Å²) in [5, 5.41) is 3.41. The van der Waals surface area contributed by atoms with Crippen LogP contribution in [0.25, 0.3) is 0 Å². The highest BCUT2D eigenvalue weighted by Crippen LogP contribution is 2.28. The van der Waals surface area contributed by atoms with Crippen molar-refractivity contribution in [1.29, 1.82) is 0 Å². The molecule has 0 radical (unpaired) electrons. The van der Waals surface area contributed by atoms with Gasteiger partial charge in [-0.15, -0.1) is 0 Å². The Balaban J connectivity index is 1.55. The van der Waals surface area contributed by atoms with Crippen LogP contribution < -0.4 is 10.0 Å². The SMILES string of the molecule is O=S(=O)(NCCC1CCC1)c1cccc(CNC2CC2)c1. The smallest absolute Gasteiger partial charge is 0.240 e. The lowest BCUT2D eigenvalue weighted by Gasteiger charge is -2.25. The normalized spacial score (nSPS) is 19.4. The third-order valence-electron chi connectivity index (χ3n) is 4.45. The average molecular weight is 308 g/mol. The van der Waals surface area contributed by atoms with Gasteiger partial charge in [0.1, 0.15) is 0 Å². The van der Waals surface area contributed by atoms with Crippen molar-refractivity contribution in [2.45, 2.75) is 56.0 Å². The van der Waals surface area contributed by atoms with Crippen molar-refractivity contribution in [1.82, 2.24) is 10.0 Å². The molecular formula is C16H24N2O2S. The molecule has 116 valence electrons. The van der Waals surface area contributed by atoms with Gasteiger partial charge in [-0.1, -0.05) is 31.4 Å². The molecule has 0 amide bonds. The van der Waals surface area contributed by atoms with E-state index in [-0.39, 0.29) is 0 Å². The van der Waals surface area contributed by atoms with E-state index >= 15 is 0 Å². The van der Waals surface area contributed by atoms with Crippen LogP contribution in [0.1, 0.15) is 44.1 Å². The molecule has 0 aliphatic heterocycles. The van der Waals surface area contributed by atoms with Crippen LogP contribution in [0.3, 0.4) is 0 Å². The highest BCUT2D eigenvalue weighted by molar-refractivity contribution is 7.89. The Morgan fingerprint density at radius 3 is 2.62 bits per heavy atom. The lowest BCUT2D eigenvalue weighted by molar-refractivity contribution is 0.297. The third kappa shape index (κ3) is 4.28. The van der Waals surface area contributed by atoms with Gasteiger partial charge in [-0.2, -0.15) is 0 Å². The van der Waals surface area contributed by atoms with Crippen LogP contribution in [0.4, 0.5) is 0 Å². The van der Waals surface area contributed by atoms with Gasteiger partial charge in [-0.3, -0.25) is 0 Å². The van der Waals surface area contributed by atoms with E-state index in [1.165, 1.54) is 32.1 Å². The minimum absolute atomic E-state index is 0.381. The second-order valence-corrected chi connectivity index (χ2v) is 8.05. The van der Waals surface area contributed by atoms with Crippen LogP contribution in [0.5, 0.6) is 0 Å². The summed E-state index contributed by atoms with van der Waals surface area (Å²) in [6.45, 7) is 1.30. The molecule has 0 saturated heterocycles. The fraction of sp³-hybridized carbons (Fsp3) is 0.625. The molecule has 4 nitrogen and oxygen atoms in total. The summed E-state index contributed by atoms with van der Waals surface area (Å²) in [6.07, 6.45) is 7.24. The first kappa shape index (κ1) is 15.0. The Kier molecular flexibility index (Phi) is 4.62. The number of nitrogens with one attached hydrogen (secondary N) is 2. The molecule has 2 fully saturated rings. The van der Waals surface area contributed by atoms with Gasteiger partial charge in [0.15, 0.2) is 0 Å². The Labute approximate surface area is 127 Å². The van der Waals surface area contributed by atoms with E-state index in [4.69, 9.17) is 0 Å². The molecule has 0 bridgehead atoms. The molecule has 3 rings (SSSR count). The third-order valence-corrected chi connectivity index (χ3v) is 5.91. The van der Waals surface area contributed by atoms with Gasteiger partial charge in [0.25, 0.3) is 0 Å². The minimum atomic E-state index is -3.36. The topological polar surface area (TPSA) is 58.2 Å². The summed E-state index contributed by atoms with van der Waals surface area (Å²) in [4.78, 5) is 0.381. The quantitative estimate of drug-likeness (QED) is 0.775. The molecule has 5 heteroatoms. The monoisotopic (exact) mass is 308 g/mol. The van der Waals surface area contributed by atoms with E-state index in [2.05, 4.69) is 10.0 Å². The summed E-state index contributed by atoms with van der Waals surface area (Å²) >= 11 is 0. The first-order valence-corrected chi connectivity index (χ1v) is 9.44. The summed E-state index contributed by atoms with van der Waals surface area (Å²) in [6, 6.07) is 7.88. The van der Waals surface area contributed by atoms with Crippen molar-refractivity contribution in [3.63, 3.8) is 0 Å². The average Bonchev–Trinajstić information content (AvgIpc) is 3.24. The second kappa shape index (κ2) is 6.46. The van der Waals surface area contributed by atoms with Crippen molar-refractivity contribution >= 4 is 10.0 Å². The van der Waals surface area contributed by atoms with E-state index in [0.29, 0.717) is 17.5 Å². The second-order valence-electron chi connectivity index (χ2n) is 6.29. The minimum Gasteiger partial charge on any atom is -0.310 e. The van der Waals surface area contributed by atoms with Crippen LogP contribution in [0, 0.1) is 5.92 Å². The van der Waals surface area contributed by atoms with Crippen molar-refractivity contribution in [3.05, 3.63) is 29.8 Å². The molecule has 0 aromatic heterocycles. The van der Waals surface area contributed by atoms with E-state index < -0.39 is 10.0 Å². The molecule has 0 heterocycles. The first-order valence-electron chi connectivity index (χ1n) is 7.95. The highest BCUT2D eigenvalue weighted by atomic mass is 32.2. The number of sulfonamides is 1. The summed E-state index contributed by atoms with van der Waals surface area (Å²) in [7, 11) is -3.36. The zero-order valence-corrected chi connectivity index (χ0v) is 13.2. The zero-order valence-electron chi connectivity index (χ0n) is 12.3. The molecule has 0 unspecified atom stereocenters. The van der Waals surface area contributed by atoms with Gasteiger partial charge in [0.2, 0.25) is 10.0 Å². The van der Waals surface area contributed by atoms with Crippen molar-refractivity contribution in [2.24, 2.45) is 5.92 Å². The fourth-order valence-corrected chi connectivity index (χ4v) is 3.75. The van der Waals surface area contributed by atoms with E-state index in [0.717, 1.165) is 24.4 Å². The maximum absolute atomic E-state index is 12.3. The Morgan fingerprint density at radius 2 is 1.95 bits per heavy atom. The van der Waals surface area contributed by atoms with Crippen LogP contribution in [-0.2, 0) is 16.6 Å². The van der Waals surface area contributed by atoms with Crippen molar-refractivity contribution in [3.8, 4) is 0 Å². The maximum atomic E-state index is 12.3. The van der Waals surface area contributed by atoms with Gasteiger partial charge in [-0.05, 0) is 42.9 Å². The van der Waals surface area contributed by atoms with Crippen LogP contribution in [-0.4, -0.2) is 21.0 Å². The van der Waals surface area contributed by atoms with Crippen LogP contribution >= 0.6 is 0 Å². The highest BCUT2D eigenvalue weighted by Gasteiger charge is 2.21. The lowest BCUT2D eigenvalue weighted by atomic mass is 9.83. The van der Waals surface area contributed by atoms with E-state index in [1.807, 2.05) is 12.1 Å². The Bertz CT molecular complexity index is 578. The molecule has 2 aliphatic rings. The Hall–Kier alpha value is -0.910. The fourth-order valence-electron chi connectivity index (χ4n) is 2.63. The number of rotatable bonds is 8. The van der Waals surface area contributed by atoms with E-state index in [9.17, 15) is 8.42 Å². The molecule has 2 aliphatic carbocycles. The van der Waals surface area contributed by atoms with Gasteiger partial charge < -0.3 is 5.32 Å². The molecule has 0 spiro atoms. The molecule has 1 aromatic rings. The Morgan fingerprint density at radius 1 is 1.14 bits per heavy atom. The molecule has 2 N–H and O–H groups in total. The molecule has 2 saturated carbocycles. The summed E-state index contributed by atoms with van der Waals surface area (Å²) < 4.78 is 27.3. The number of hydrogen-bond acceptors (Lipinski definition) is 3.